The van der Waals surface area contributed by atoms with Crippen molar-refractivity contribution in [1.82, 2.24) is 10.2 Å². The van der Waals surface area contributed by atoms with E-state index in [2.05, 4.69) is 26.1 Å². The Balaban J connectivity index is 4.26. The molecule has 1 N–H and O–H groups in total. The van der Waals surface area contributed by atoms with Crippen LogP contribution in [0.15, 0.2) is 0 Å². The van der Waals surface area contributed by atoms with Gasteiger partial charge in [-0.05, 0) is 25.7 Å². The molecule has 16 heavy (non-hydrogen) atoms. The van der Waals surface area contributed by atoms with Gasteiger partial charge < -0.3 is 10.2 Å². The summed E-state index contributed by atoms with van der Waals surface area (Å²) < 4.78 is 0. The molecule has 1 amide bonds. The van der Waals surface area contributed by atoms with E-state index in [9.17, 15) is 4.79 Å². The standard InChI is InChI=1S/C13H28N2O/c1-7-9-10(3)12(8-2)14-11(4)13(16)15(5)6/h10-12,14H,7-9H2,1-6H3/t10?,11-,12?/m1/s1. The van der Waals surface area contributed by atoms with Gasteiger partial charge in [-0.15, -0.1) is 0 Å². The van der Waals surface area contributed by atoms with Crippen LogP contribution < -0.4 is 5.32 Å². The number of likely N-dealkylation sites (N-methyl/N-ethyl adjacent to an activating group) is 1. The van der Waals surface area contributed by atoms with Crippen LogP contribution in [-0.4, -0.2) is 37.0 Å². The van der Waals surface area contributed by atoms with E-state index in [4.69, 9.17) is 0 Å². The van der Waals surface area contributed by atoms with E-state index in [1.165, 1.54) is 12.8 Å². The molecule has 0 aliphatic heterocycles. The van der Waals surface area contributed by atoms with Crippen molar-refractivity contribution < 1.29 is 4.79 Å². The Morgan fingerprint density at radius 2 is 1.81 bits per heavy atom. The van der Waals surface area contributed by atoms with Crippen molar-refractivity contribution in [3.63, 3.8) is 0 Å². The molecule has 0 aromatic heterocycles. The highest BCUT2D eigenvalue weighted by atomic mass is 16.2. The molecule has 3 atom stereocenters. The largest absolute Gasteiger partial charge is 0.347 e. The number of nitrogens with one attached hydrogen (secondary N) is 1. The highest BCUT2D eigenvalue weighted by Crippen LogP contribution is 2.14. The lowest BCUT2D eigenvalue weighted by molar-refractivity contribution is -0.130. The van der Waals surface area contributed by atoms with E-state index in [0.29, 0.717) is 12.0 Å². The zero-order valence-corrected chi connectivity index (χ0v) is 11.7. The predicted octanol–water partition coefficient (Wildman–Crippen LogP) is 2.27. The molecule has 0 bridgehead atoms. The fraction of sp³-hybridized carbons (Fsp3) is 0.923. The quantitative estimate of drug-likeness (QED) is 0.725. The van der Waals surface area contributed by atoms with Gasteiger partial charge in [-0.1, -0.05) is 27.2 Å². The second kappa shape index (κ2) is 7.66. The van der Waals surface area contributed by atoms with Crippen LogP contribution in [0.1, 0.15) is 47.0 Å². The molecule has 0 radical (unpaired) electrons. The topological polar surface area (TPSA) is 32.3 Å². The van der Waals surface area contributed by atoms with Gasteiger partial charge in [0.1, 0.15) is 0 Å². The molecule has 0 saturated carbocycles. The minimum atomic E-state index is -0.0840. The molecule has 3 nitrogen and oxygen atoms in total. The monoisotopic (exact) mass is 228 g/mol. The van der Waals surface area contributed by atoms with Crippen LogP contribution in [0.2, 0.25) is 0 Å². The van der Waals surface area contributed by atoms with Gasteiger partial charge in [0.2, 0.25) is 5.91 Å². The van der Waals surface area contributed by atoms with Gasteiger partial charge in [0.25, 0.3) is 0 Å². The zero-order valence-electron chi connectivity index (χ0n) is 11.7. The molecular weight excluding hydrogens is 200 g/mol. The van der Waals surface area contributed by atoms with Gasteiger partial charge in [0, 0.05) is 20.1 Å². The van der Waals surface area contributed by atoms with Crippen molar-refractivity contribution in [2.75, 3.05) is 14.1 Å². The summed E-state index contributed by atoms with van der Waals surface area (Å²) in [5.74, 6) is 0.787. The SMILES string of the molecule is CCCC(C)C(CC)N[C@H](C)C(=O)N(C)C. The summed E-state index contributed by atoms with van der Waals surface area (Å²) in [6.45, 7) is 8.59. The number of nitrogens with zero attached hydrogens (tertiary/aromatic N) is 1. The van der Waals surface area contributed by atoms with Crippen molar-refractivity contribution in [1.29, 1.82) is 0 Å². The van der Waals surface area contributed by atoms with Gasteiger partial charge in [-0.3, -0.25) is 4.79 Å². The Morgan fingerprint density at radius 1 is 1.25 bits per heavy atom. The maximum Gasteiger partial charge on any atom is 0.238 e. The van der Waals surface area contributed by atoms with Gasteiger partial charge >= 0.3 is 0 Å². The Labute approximate surface area is 101 Å². The molecular formula is C13H28N2O. The number of hydrogen-bond donors (Lipinski definition) is 1. The van der Waals surface area contributed by atoms with Crippen molar-refractivity contribution in [3.8, 4) is 0 Å². The number of carbonyl (C=O) groups is 1. The third kappa shape index (κ3) is 4.97. The van der Waals surface area contributed by atoms with Crippen LogP contribution in [0.25, 0.3) is 0 Å². The molecule has 0 rings (SSSR count). The normalized spacial score (nSPS) is 16.6. The lowest BCUT2D eigenvalue weighted by Gasteiger charge is -2.28. The molecule has 0 aromatic carbocycles. The fourth-order valence-corrected chi connectivity index (χ4v) is 2.12. The Morgan fingerprint density at radius 3 is 2.19 bits per heavy atom. The third-order valence-electron chi connectivity index (χ3n) is 3.15. The van der Waals surface area contributed by atoms with Crippen LogP contribution in [0.4, 0.5) is 0 Å². The molecule has 0 heterocycles. The van der Waals surface area contributed by atoms with E-state index < -0.39 is 0 Å². The molecule has 0 saturated heterocycles. The van der Waals surface area contributed by atoms with Crippen LogP contribution in [0, 0.1) is 5.92 Å². The average Bonchev–Trinajstić information content (AvgIpc) is 2.24. The maximum atomic E-state index is 11.7. The molecule has 0 aliphatic rings. The average molecular weight is 228 g/mol. The van der Waals surface area contributed by atoms with Crippen LogP contribution in [-0.2, 0) is 4.79 Å². The van der Waals surface area contributed by atoms with E-state index in [-0.39, 0.29) is 11.9 Å². The first-order valence-corrected chi connectivity index (χ1v) is 6.41. The van der Waals surface area contributed by atoms with Crippen LogP contribution in [0.3, 0.4) is 0 Å². The smallest absolute Gasteiger partial charge is 0.238 e. The molecule has 3 heteroatoms. The Kier molecular flexibility index (Phi) is 7.39. The van der Waals surface area contributed by atoms with E-state index in [0.717, 1.165) is 6.42 Å². The summed E-state index contributed by atoms with van der Waals surface area (Å²) >= 11 is 0. The second-order valence-electron chi connectivity index (χ2n) is 4.90. The fourth-order valence-electron chi connectivity index (χ4n) is 2.12. The number of rotatable bonds is 7. The highest BCUT2D eigenvalue weighted by Gasteiger charge is 2.21. The molecule has 96 valence electrons. The van der Waals surface area contributed by atoms with Crippen LogP contribution in [0.5, 0.6) is 0 Å². The first-order valence-electron chi connectivity index (χ1n) is 6.41. The summed E-state index contributed by atoms with van der Waals surface area (Å²) in [7, 11) is 3.61. The van der Waals surface area contributed by atoms with Gasteiger partial charge in [-0.25, -0.2) is 0 Å². The minimum absolute atomic E-state index is 0.0840. The molecule has 2 unspecified atom stereocenters. The first-order chi connectivity index (χ1) is 7.43. The van der Waals surface area contributed by atoms with Crippen molar-refractivity contribution >= 4 is 5.91 Å². The van der Waals surface area contributed by atoms with Gasteiger partial charge in [0.15, 0.2) is 0 Å². The molecule has 0 aromatic rings. The highest BCUT2D eigenvalue weighted by molar-refractivity contribution is 5.80. The van der Waals surface area contributed by atoms with Gasteiger partial charge in [0.05, 0.1) is 6.04 Å². The predicted molar refractivity (Wildman–Crippen MR) is 69.4 cm³/mol. The lowest BCUT2D eigenvalue weighted by atomic mass is 9.94. The third-order valence-corrected chi connectivity index (χ3v) is 3.15. The summed E-state index contributed by atoms with van der Waals surface area (Å²) in [6, 6.07) is 0.359. The summed E-state index contributed by atoms with van der Waals surface area (Å²) in [4.78, 5) is 13.4. The van der Waals surface area contributed by atoms with Gasteiger partial charge in [-0.2, -0.15) is 0 Å². The van der Waals surface area contributed by atoms with Crippen molar-refractivity contribution in [2.24, 2.45) is 5.92 Å². The molecule has 0 aliphatic carbocycles. The number of amides is 1. The Hall–Kier alpha value is -0.570. The summed E-state index contributed by atoms with van der Waals surface area (Å²) in [5, 5.41) is 3.44. The van der Waals surface area contributed by atoms with E-state index in [1.54, 1.807) is 19.0 Å². The molecule has 0 spiro atoms. The lowest BCUT2D eigenvalue weighted by Crippen LogP contribution is -2.48. The van der Waals surface area contributed by atoms with E-state index in [1.807, 2.05) is 6.92 Å². The number of carbonyl (C=O) groups excluding carboxylic acids is 1. The maximum absolute atomic E-state index is 11.7. The zero-order chi connectivity index (χ0) is 12.7. The van der Waals surface area contributed by atoms with Crippen molar-refractivity contribution in [3.05, 3.63) is 0 Å². The van der Waals surface area contributed by atoms with E-state index >= 15 is 0 Å². The molecule has 0 fully saturated rings. The second-order valence-corrected chi connectivity index (χ2v) is 4.90. The van der Waals surface area contributed by atoms with Crippen LogP contribution >= 0.6 is 0 Å². The first kappa shape index (κ1) is 15.4. The Bertz CT molecular complexity index is 204. The summed E-state index contributed by atoms with van der Waals surface area (Å²) in [5.41, 5.74) is 0. The number of hydrogen-bond acceptors (Lipinski definition) is 2. The van der Waals surface area contributed by atoms with Crippen molar-refractivity contribution in [2.45, 2.75) is 59.0 Å². The minimum Gasteiger partial charge on any atom is -0.347 e. The summed E-state index contributed by atoms with van der Waals surface area (Å²) in [6.07, 6.45) is 3.50.